The fourth-order valence-corrected chi connectivity index (χ4v) is 3.39. The van der Waals surface area contributed by atoms with E-state index in [0.717, 1.165) is 6.54 Å². The third-order valence-corrected chi connectivity index (χ3v) is 4.63. The summed E-state index contributed by atoms with van der Waals surface area (Å²) < 4.78 is 11.4. The smallest absolute Gasteiger partial charge is 0.258 e. The molecule has 6 heteroatoms. The van der Waals surface area contributed by atoms with Crippen LogP contribution in [0.4, 0.5) is 0 Å². The molecule has 1 aliphatic rings. The zero-order valence-electron chi connectivity index (χ0n) is 17.8. The van der Waals surface area contributed by atoms with Gasteiger partial charge in [-0.2, -0.15) is 0 Å². The molecule has 0 unspecified atom stereocenters. The monoisotopic (exact) mass is 412 g/mol. The number of carbonyl (C=O) groups is 1. The number of amides is 1. The Kier molecular flexibility index (Phi) is 10.7. The summed E-state index contributed by atoms with van der Waals surface area (Å²) >= 11 is 0. The first kappa shape index (κ1) is 24.6. The molecule has 0 atom stereocenters. The Balaban J connectivity index is 0.00000392. The maximum atomic E-state index is 12.0. The summed E-state index contributed by atoms with van der Waals surface area (Å²) in [6, 6.07) is 6.58. The maximum Gasteiger partial charge on any atom is 0.258 e. The molecule has 0 radical (unpaired) electrons. The Morgan fingerprint density at radius 1 is 1.07 bits per heavy atom. The van der Waals surface area contributed by atoms with Gasteiger partial charge in [0, 0.05) is 18.1 Å². The largest absolute Gasteiger partial charge is 0.490 e. The van der Waals surface area contributed by atoms with Crippen molar-refractivity contribution in [2.45, 2.75) is 84.3 Å². The molecule has 0 spiro atoms. The quantitative estimate of drug-likeness (QED) is 0.612. The van der Waals surface area contributed by atoms with Crippen LogP contribution in [0.3, 0.4) is 0 Å². The van der Waals surface area contributed by atoms with Gasteiger partial charge in [0.1, 0.15) is 0 Å². The topological polar surface area (TPSA) is 59.6 Å². The van der Waals surface area contributed by atoms with Crippen LogP contribution in [0.25, 0.3) is 0 Å². The number of carbonyl (C=O) groups excluding carboxylic acids is 1. The Bertz CT molecular complexity index is 594. The van der Waals surface area contributed by atoms with Crippen LogP contribution in [0.15, 0.2) is 18.2 Å². The third-order valence-electron chi connectivity index (χ3n) is 4.63. The van der Waals surface area contributed by atoms with Gasteiger partial charge < -0.3 is 20.1 Å². The van der Waals surface area contributed by atoms with Crippen LogP contribution < -0.4 is 20.1 Å². The molecule has 1 aromatic rings. The lowest BCUT2D eigenvalue weighted by Gasteiger charge is -2.21. The molecule has 5 nitrogen and oxygen atoms in total. The van der Waals surface area contributed by atoms with E-state index in [1.807, 2.05) is 45.9 Å². The summed E-state index contributed by atoms with van der Waals surface area (Å²) in [5, 5.41) is 6.58. The minimum Gasteiger partial charge on any atom is -0.490 e. The number of hydrogen-bond acceptors (Lipinski definition) is 4. The first-order valence-corrected chi connectivity index (χ1v) is 10.3. The third kappa shape index (κ3) is 9.16. The van der Waals surface area contributed by atoms with Crippen LogP contribution in [0.2, 0.25) is 0 Å². The van der Waals surface area contributed by atoms with Crippen LogP contribution in [0.1, 0.15) is 71.8 Å². The van der Waals surface area contributed by atoms with Gasteiger partial charge in [0.05, 0.1) is 6.61 Å². The van der Waals surface area contributed by atoms with E-state index in [2.05, 4.69) is 10.6 Å². The number of halogens is 1. The van der Waals surface area contributed by atoms with Crippen molar-refractivity contribution in [3.8, 4) is 11.5 Å². The summed E-state index contributed by atoms with van der Waals surface area (Å²) in [5.74, 6) is 1.17. The van der Waals surface area contributed by atoms with E-state index < -0.39 is 0 Å². The van der Waals surface area contributed by atoms with Gasteiger partial charge in [-0.15, -0.1) is 12.4 Å². The van der Waals surface area contributed by atoms with Gasteiger partial charge in [-0.1, -0.05) is 31.7 Å². The summed E-state index contributed by atoms with van der Waals surface area (Å²) in [4.78, 5) is 12.0. The molecule has 1 aromatic carbocycles. The van der Waals surface area contributed by atoms with Gasteiger partial charge in [-0.25, -0.2) is 0 Å². The van der Waals surface area contributed by atoms with Gasteiger partial charge in [0.25, 0.3) is 5.91 Å². The Morgan fingerprint density at radius 3 is 2.36 bits per heavy atom. The highest BCUT2D eigenvalue weighted by Crippen LogP contribution is 2.29. The lowest BCUT2D eigenvalue weighted by atomic mass is 10.1. The van der Waals surface area contributed by atoms with Crippen molar-refractivity contribution in [1.82, 2.24) is 10.6 Å². The zero-order chi connectivity index (χ0) is 19.7. The lowest BCUT2D eigenvalue weighted by molar-refractivity contribution is -0.124. The molecule has 28 heavy (non-hydrogen) atoms. The van der Waals surface area contributed by atoms with Gasteiger partial charge >= 0.3 is 0 Å². The van der Waals surface area contributed by atoms with Gasteiger partial charge in [-0.3, -0.25) is 4.79 Å². The molecular formula is C22H37ClN2O3. The Labute approximate surface area is 176 Å². The molecule has 2 rings (SSSR count). The molecule has 1 saturated carbocycles. The van der Waals surface area contributed by atoms with Crippen molar-refractivity contribution < 1.29 is 14.3 Å². The van der Waals surface area contributed by atoms with Crippen molar-refractivity contribution in [2.24, 2.45) is 0 Å². The standard InChI is InChI=1S/C22H36N2O3.ClH/c1-5-26-20-14-17(15-23-18-10-8-6-7-9-11-18)12-13-19(20)27-16-21(25)24-22(2,3)4;/h12-14,18,23H,5-11,15-16H2,1-4H3,(H,24,25);1H. The predicted octanol–water partition coefficient (Wildman–Crippen LogP) is 4.61. The summed E-state index contributed by atoms with van der Waals surface area (Å²) in [6.07, 6.45) is 7.91. The van der Waals surface area contributed by atoms with Crippen molar-refractivity contribution in [2.75, 3.05) is 13.2 Å². The number of ether oxygens (including phenoxy) is 2. The molecule has 0 aliphatic heterocycles. The van der Waals surface area contributed by atoms with Crippen LogP contribution in [-0.4, -0.2) is 30.7 Å². The molecule has 160 valence electrons. The molecule has 0 bridgehead atoms. The van der Waals surface area contributed by atoms with Crippen molar-refractivity contribution in [3.63, 3.8) is 0 Å². The lowest BCUT2D eigenvalue weighted by Crippen LogP contribution is -2.43. The van der Waals surface area contributed by atoms with E-state index in [4.69, 9.17) is 9.47 Å². The van der Waals surface area contributed by atoms with Crippen LogP contribution in [-0.2, 0) is 11.3 Å². The van der Waals surface area contributed by atoms with Crippen LogP contribution in [0, 0.1) is 0 Å². The van der Waals surface area contributed by atoms with E-state index in [9.17, 15) is 4.79 Å². The highest BCUT2D eigenvalue weighted by atomic mass is 35.5. The zero-order valence-corrected chi connectivity index (χ0v) is 18.6. The second-order valence-electron chi connectivity index (χ2n) is 8.37. The minimum atomic E-state index is -0.267. The second-order valence-corrected chi connectivity index (χ2v) is 8.37. The van der Waals surface area contributed by atoms with E-state index >= 15 is 0 Å². The average molecular weight is 413 g/mol. The molecule has 1 aliphatic carbocycles. The first-order chi connectivity index (χ1) is 12.9. The van der Waals surface area contributed by atoms with Gasteiger partial charge in [0.15, 0.2) is 18.1 Å². The van der Waals surface area contributed by atoms with Crippen molar-refractivity contribution >= 4 is 18.3 Å². The van der Waals surface area contributed by atoms with E-state index in [0.29, 0.717) is 24.1 Å². The summed E-state index contributed by atoms with van der Waals surface area (Å²) in [6.45, 7) is 9.18. The fourth-order valence-electron chi connectivity index (χ4n) is 3.39. The molecule has 1 fully saturated rings. The fraction of sp³-hybridized carbons (Fsp3) is 0.682. The SMILES string of the molecule is CCOc1cc(CNC2CCCCCC2)ccc1OCC(=O)NC(C)(C)C.Cl. The normalized spacial score (nSPS) is 15.3. The minimum absolute atomic E-state index is 0. The highest BCUT2D eigenvalue weighted by Gasteiger charge is 2.16. The van der Waals surface area contributed by atoms with Crippen molar-refractivity contribution in [1.29, 1.82) is 0 Å². The highest BCUT2D eigenvalue weighted by molar-refractivity contribution is 5.85. The first-order valence-electron chi connectivity index (χ1n) is 10.3. The molecule has 0 saturated heterocycles. The second kappa shape index (κ2) is 12.2. The summed E-state index contributed by atoms with van der Waals surface area (Å²) in [5.41, 5.74) is 0.908. The Hall–Kier alpha value is -1.46. The van der Waals surface area contributed by atoms with Crippen LogP contribution in [0.5, 0.6) is 11.5 Å². The number of benzene rings is 1. The van der Waals surface area contributed by atoms with Crippen molar-refractivity contribution in [3.05, 3.63) is 23.8 Å². The van der Waals surface area contributed by atoms with Gasteiger partial charge in [-0.05, 0) is 58.2 Å². The van der Waals surface area contributed by atoms with E-state index in [-0.39, 0.29) is 30.5 Å². The number of rotatable bonds is 8. The van der Waals surface area contributed by atoms with Crippen LogP contribution >= 0.6 is 12.4 Å². The Morgan fingerprint density at radius 2 is 1.75 bits per heavy atom. The number of hydrogen-bond donors (Lipinski definition) is 2. The molecular weight excluding hydrogens is 376 g/mol. The molecule has 0 heterocycles. The number of nitrogens with one attached hydrogen (secondary N) is 2. The predicted molar refractivity (Wildman–Crippen MR) is 117 cm³/mol. The summed E-state index contributed by atoms with van der Waals surface area (Å²) in [7, 11) is 0. The molecule has 1 amide bonds. The van der Waals surface area contributed by atoms with E-state index in [1.165, 1.54) is 44.1 Å². The van der Waals surface area contributed by atoms with Gasteiger partial charge in [0.2, 0.25) is 0 Å². The molecule has 2 N–H and O–H groups in total. The van der Waals surface area contributed by atoms with E-state index in [1.54, 1.807) is 0 Å². The maximum absolute atomic E-state index is 12.0. The molecule has 0 aromatic heterocycles. The average Bonchev–Trinajstić information content (AvgIpc) is 2.87.